The Kier molecular flexibility index (Phi) is 7.88. The number of benzene rings is 3. The molecule has 3 aromatic rings. The summed E-state index contributed by atoms with van der Waals surface area (Å²) in [6, 6.07) is 22.8. The summed E-state index contributed by atoms with van der Waals surface area (Å²) >= 11 is 7.81. The number of Topliss-reactive ketones (excluding diaryl/α,β-unsaturated/α-hetero) is 1. The van der Waals surface area contributed by atoms with Crippen molar-refractivity contribution < 1.29 is 4.79 Å². The lowest BCUT2D eigenvalue weighted by Crippen LogP contribution is -2.39. The number of hydrogen-bond acceptors (Lipinski definition) is 5. The minimum absolute atomic E-state index is 0.109. The Morgan fingerprint density at radius 1 is 1.05 bits per heavy atom. The Morgan fingerprint density at radius 3 is 2.51 bits per heavy atom. The first-order valence-corrected chi connectivity index (χ1v) is 14.7. The summed E-state index contributed by atoms with van der Waals surface area (Å²) < 4.78 is 0. The first-order chi connectivity index (χ1) is 18.8. The number of allylic oxidation sites excluding steroid dienone is 3. The molecule has 1 unspecified atom stereocenters. The molecule has 3 aromatic carbocycles. The van der Waals surface area contributed by atoms with Crippen LogP contribution in [0.2, 0.25) is 5.02 Å². The number of nitriles is 1. The summed E-state index contributed by atoms with van der Waals surface area (Å²) in [4.78, 5) is 16.8. The van der Waals surface area contributed by atoms with E-state index in [1.54, 1.807) is 11.8 Å². The van der Waals surface area contributed by atoms with Gasteiger partial charge in [0, 0.05) is 33.4 Å². The van der Waals surface area contributed by atoms with Crippen molar-refractivity contribution in [2.45, 2.75) is 63.0 Å². The third-order valence-corrected chi connectivity index (χ3v) is 9.08. The normalized spacial score (nSPS) is 17.4. The van der Waals surface area contributed by atoms with Crippen LogP contribution in [0.25, 0.3) is 0 Å². The van der Waals surface area contributed by atoms with E-state index in [4.69, 9.17) is 17.3 Å². The third-order valence-electron chi connectivity index (χ3n) is 7.77. The van der Waals surface area contributed by atoms with E-state index in [0.717, 1.165) is 68.6 Å². The van der Waals surface area contributed by atoms with Gasteiger partial charge in [0.05, 0.1) is 23.2 Å². The van der Waals surface area contributed by atoms with E-state index in [1.165, 1.54) is 11.1 Å². The fourth-order valence-corrected chi connectivity index (χ4v) is 6.86. The summed E-state index contributed by atoms with van der Waals surface area (Å²) in [5, 5.41) is 11.2. The third kappa shape index (κ3) is 5.12. The van der Waals surface area contributed by atoms with Crippen LogP contribution in [-0.4, -0.2) is 5.78 Å². The van der Waals surface area contributed by atoms with Crippen molar-refractivity contribution in [1.82, 2.24) is 0 Å². The number of carbonyl (C=O) groups is 1. The number of thioether (sulfide) groups is 1. The van der Waals surface area contributed by atoms with Gasteiger partial charge < -0.3 is 5.73 Å². The Morgan fingerprint density at radius 2 is 1.79 bits per heavy atom. The number of anilines is 1. The fraction of sp³-hybridized carbons (Fsp3) is 0.273. The molecule has 0 saturated carbocycles. The van der Waals surface area contributed by atoms with Crippen LogP contribution in [-0.2, 0) is 17.0 Å². The molecule has 1 heterocycles. The Hall–Kier alpha value is -3.46. The lowest BCUT2D eigenvalue weighted by Gasteiger charge is -2.40. The summed E-state index contributed by atoms with van der Waals surface area (Å²) in [6.45, 7) is 6.29. The molecular formula is C33H32ClN3OS. The molecule has 2 aliphatic rings. The zero-order valence-electron chi connectivity index (χ0n) is 22.6. The molecule has 2 N–H and O–H groups in total. The van der Waals surface area contributed by atoms with Crippen LogP contribution in [0.5, 0.6) is 0 Å². The van der Waals surface area contributed by atoms with E-state index in [0.29, 0.717) is 17.8 Å². The maximum Gasteiger partial charge on any atom is 0.161 e. The zero-order valence-corrected chi connectivity index (χ0v) is 24.1. The average Bonchev–Trinajstić information content (AvgIpc) is 2.93. The summed E-state index contributed by atoms with van der Waals surface area (Å²) in [5.41, 5.74) is 15.5. The molecule has 1 aliphatic carbocycles. The molecule has 0 fully saturated rings. The summed E-state index contributed by atoms with van der Waals surface area (Å²) in [7, 11) is 0. The van der Waals surface area contributed by atoms with E-state index in [-0.39, 0.29) is 5.78 Å². The van der Waals surface area contributed by atoms with Crippen molar-refractivity contribution in [3.63, 3.8) is 0 Å². The number of halogens is 1. The second-order valence-electron chi connectivity index (χ2n) is 10.2. The van der Waals surface area contributed by atoms with Crippen molar-refractivity contribution >= 4 is 34.8 Å². The zero-order chi connectivity index (χ0) is 27.7. The summed E-state index contributed by atoms with van der Waals surface area (Å²) in [6.07, 6.45) is 2.84. The monoisotopic (exact) mass is 553 g/mol. The van der Waals surface area contributed by atoms with Gasteiger partial charge >= 0.3 is 0 Å². The average molecular weight is 554 g/mol. The van der Waals surface area contributed by atoms with Crippen molar-refractivity contribution in [1.29, 1.82) is 5.26 Å². The van der Waals surface area contributed by atoms with Crippen molar-refractivity contribution in [3.8, 4) is 6.07 Å². The highest BCUT2D eigenvalue weighted by molar-refractivity contribution is 7.98. The minimum Gasteiger partial charge on any atom is -0.384 e. The molecule has 0 saturated heterocycles. The standard InChI is InChI=1S/C33H32ClN3OS/c1-4-22-8-5-6-9-28(22)37-29-10-7-11-30(38)32(29)31(27(18-35)33(37)36)26-17-23(20(2)16-21(26)3)19-39-25-14-12-24(34)13-15-25/h5-6,8-9,12-17,31H,4,7,10-11,19,36H2,1-3H3. The van der Waals surface area contributed by atoms with Crippen LogP contribution in [0.15, 0.2) is 88.2 Å². The smallest absolute Gasteiger partial charge is 0.161 e. The van der Waals surface area contributed by atoms with Gasteiger partial charge in [-0.1, -0.05) is 48.9 Å². The Labute approximate surface area is 240 Å². The van der Waals surface area contributed by atoms with Crippen molar-refractivity contribution in [3.05, 3.63) is 116 Å². The van der Waals surface area contributed by atoms with E-state index in [9.17, 15) is 10.1 Å². The molecule has 1 aliphatic heterocycles. The van der Waals surface area contributed by atoms with Gasteiger partial charge in [-0.05, 0) is 91.3 Å². The molecule has 1 atom stereocenters. The van der Waals surface area contributed by atoms with Gasteiger partial charge in [-0.15, -0.1) is 11.8 Å². The number of ketones is 1. The van der Waals surface area contributed by atoms with Crippen molar-refractivity contribution in [2.75, 3.05) is 4.90 Å². The van der Waals surface area contributed by atoms with Gasteiger partial charge in [0.25, 0.3) is 0 Å². The van der Waals surface area contributed by atoms with Gasteiger partial charge in [0.15, 0.2) is 5.78 Å². The molecule has 0 radical (unpaired) electrons. The molecule has 0 aromatic heterocycles. The largest absolute Gasteiger partial charge is 0.384 e. The quantitative estimate of drug-likeness (QED) is 0.312. The van der Waals surface area contributed by atoms with E-state index >= 15 is 0 Å². The predicted molar refractivity (Wildman–Crippen MR) is 161 cm³/mol. The molecule has 0 amide bonds. The molecule has 0 bridgehead atoms. The Bertz CT molecular complexity index is 1550. The molecule has 0 spiro atoms. The van der Waals surface area contributed by atoms with Crippen LogP contribution in [0.4, 0.5) is 5.69 Å². The molecule has 39 heavy (non-hydrogen) atoms. The van der Waals surface area contributed by atoms with Crippen LogP contribution in [0.1, 0.15) is 59.9 Å². The van der Waals surface area contributed by atoms with E-state index in [2.05, 4.69) is 45.0 Å². The second kappa shape index (κ2) is 11.3. The van der Waals surface area contributed by atoms with Crippen LogP contribution < -0.4 is 10.6 Å². The number of nitrogens with two attached hydrogens (primary N) is 1. The highest BCUT2D eigenvalue weighted by atomic mass is 35.5. The molecule has 4 nitrogen and oxygen atoms in total. The number of carbonyl (C=O) groups excluding carboxylic acids is 1. The maximum absolute atomic E-state index is 13.6. The first-order valence-electron chi connectivity index (χ1n) is 13.4. The lowest BCUT2D eigenvalue weighted by atomic mass is 9.74. The van der Waals surface area contributed by atoms with Gasteiger partial charge in [0.1, 0.15) is 5.82 Å². The first kappa shape index (κ1) is 27.1. The van der Waals surface area contributed by atoms with Gasteiger partial charge in [-0.25, -0.2) is 0 Å². The number of rotatable bonds is 6. The molecular weight excluding hydrogens is 522 g/mol. The molecule has 5 rings (SSSR count). The highest BCUT2D eigenvalue weighted by Crippen LogP contribution is 2.48. The number of aryl methyl sites for hydroxylation is 3. The topological polar surface area (TPSA) is 70.1 Å². The molecule has 6 heteroatoms. The van der Waals surface area contributed by atoms with Crippen LogP contribution in [0.3, 0.4) is 0 Å². The van der Waals surface area contributed by atoms with Gasteiger partial charge in [-0.2, -0.15) is 5.26 Å². The maximum atomic E-state index is 13.6. The highest BCUT2D eigenvalue weighted by Gasteiger charge is 2.41. The van der Waals surface area contributed by atoms with Crippen molar-refractivity contribution in [2.24, 2.45) is 5.73 Å². The SMILES string of the molecule is CCc1ccccc1N1C(N)=C(C#N)C(c2cc(CSc3ccc(Cl)cc3)c(C)cc2C)C2=C1CCCC2=O. The Balaban J connectivity index is 1.64. The number of hydrogen-bond donors (Lipinski definition) is 1. The van der Waals surface area contributed by atoms with Crippen LogP contribution >= 0.6 is 23.4 Å². The fourth-order valence-electron chi connectivity index (χ4n) is 5.78. The molecule has 198 valence electrons. The number of para-hydroxylation sites is 1. The summed E-state index contributed by atoms with van der Waals surface area (Å²) in [5.74, 6) is 0.832. The van der Waals surface area contributed by atoms with Gasteiger partial charge in [0.2, 0.25) is 0 Å². The van der Waals surface area contributed by atoms with E-state index in [1.807, 2.05) is 47.4 Å². The number of nitrogens with zero attached hydrogens (tertiary/aromatic N) is 2. The second-order valence-corrected chi connectivity index (χ2v) is 11.7. The van der Waals surface area contributed by atoms with Gasteiger partial charge in [-0.3, -0.25) is 9.69 Å². The van der Waals surface area contributed by atoms with E-state index < -0.39 is 5.92 Å². The van der Waals surface area contributed by atoms with Crippen LogP contribution in [0, 0.1) is 25.2 Å². The predicted octanol–water partition coefficient (Wildman–Crippen LogP) is 8.12. The minimum atomic E-state index is -0.470. The lowest BCUT2D eigenvalue weighted by molar-refractivity contribution is -0.116.